The predicted molar refractivity (Wildman–Crippen MR) is 99.1 cm³/mol. The minimum atomic E-state index is -4.67. The number of nitrogens with zero attached hydrogens (tertiary/aromatic N) is 2. The third kappa shape index (κ3) is 5.31. The quantitative estimate of drug-likeness (QED) is 0.679. The highest BCUT2D eigenvalue weighted by Gasteiger charge is 2.33. The van der Waals surface area contributed by atoms with Crippen molar-refractivity contribution in [3.05, 3.63) is 39.8 Å². The molecule has 0 radical (unpaired) electrons. The Bertz CT molecular complexity index is 949. The van der Waals surface area contributed by atoms with Crippen molar-refractivity contribution in [2.24, 2.45) is 0 Å². The summed E-state index contributed by atoms with van der Waals surface area (Å²) in [5, 5.41) is 15.2. The van der Waals surface area contributed by atoms with Crippen LogP contribution in [0, 0.1) is 0 Å². The lowest BCUT2D eigenvalue weighted by molar-refractivity contribution is -0.137. The van der Waals surface area contributed by atoms with Crippen LogP contribution >= 0.6 is 0 Å². The molecule has 1 aromatic heterocycles. The molecule has 160 valence electrons. The van der Waals surface area contributed by atoms with Crippen molar-refractivity contribution in [3.63, 3.8) is 0 Å². The number of aromatic nitrogens is 2. The number of benzene rings is 1. The molecular weight excluding hydrogens is 394 g/mol. The number of aliphatic hydroxyl groups excluding tert-OH is 1. The van der Waals surface area contributed by atoms with E-state index in [1.165, 1.54) is 0 Å². The van der Waals surface area contributed by atoms with E-state index in [9.17, 15) is 32.3 Å². The molecule has 0 aliphatic heterocycles. The molecule has 0 spiro atoms. The topological polar surface area (TPSA) is 84.2 Å². The number of fused-ring (bicyclic) bond motifs is 1. The summed E-state index contributed by atoms with van der Waals surface area (Å²) >= 11 is 0. The van der Waals surface area contributed by atoms with E-state index >= 15 is 0 Å². The summed E-state index contributed by atoms with van der Waals surface area (Å²) in [6.45, 7) is 3.23. The second kappa shape index (κ2) is 8.48. The van der Waals surface area contributed by atoms with Crippen LogP contribution in [0.1, 0.15) is 44.9 Å². The van der Waals surface area contributed by atoms with E-state index in [0.29, 0.717) is 18.9 Å². The zero-order valence-electron chi connectivity index (χ0n) is 16.3. The van der Waals surface area contributed by atoms with Gasteiger partial charge in [-0.25, -0.2) is 9.07 Å². The van der Waals surface area contributed by atoms with Crippen molar-refractivity contribution in [1.29, 1.82) is 0 Å². The number of hydrogen-bond donors (Lipinski definition) is 2. The molecule has 0 saturated heterocycles. The number of carbonyl (C=O) groups excluding carboxylic acids is 1. The summed E-state index contributed by atoms with van der Waals surface area (Å²) in [7, 11) is 0. The van der Waals surface area contributed by atoms with Crippen LogP contribution in [0.25, 0.3) is 10.8 Å². The maximum Gasteiger partial charge on any atom is 0.416 e. The van der Waals surface area contributed by atoms with E-state index in [0.717, 1.165) is 30.7 Å². The number of halogens is 4. The first-order valence-corrected chi connectivity index (χ1v) is 9.10. The van der Waals surface area contributed by atoms with Crippen LogP contribution in [-0.4, -0.2) is 33.4 Å². The molecule has 0 aliphatic rings. The lowest BCUT2D eigenvalue weighted by atomic mass is 9.99. The van der Waals surface area contributed by atoms with Crippen LogP contribution < -0.4 is 10.9 Å². The number of rotatable bonds is 7. The molecule has 0 fully saturated rings. The second-order valence-electron chi connectivity index (χ2n) is 7.28. The number of hydrogen-bond acceptors (Lipinski definition) is 4. The molecule has 1 unspecified atom stereocenters. The fourth-order valence-corrected chi connectivity index (χ4v) is 2.98. The van der Waals surface area contributed by atoms with Gasteiger partial charge in [-0.1, -0.05) is 13.3 Å². The molecule has 1 atom stereocenters. The standard InChI is InChI=1S/C19H23F4N3O3/c1-4-5-12(10-27)24-15(28)9-26-17(29)13-7-6-11(19(21,22)23)8-14(13)16(25-26)18(2,3)20/h6-8,12,27H,4-5,9-10H2,1-3H3,(H,24,28). The average Bonchev–Trinajstić information content (AvgIpc) is 2.61. The summed E-state index contributed by atoms with van der Waals surface area (Å²) in [5.74, 6) is -0.624. The summed E-state index contributed by atoms with van der Waals surface area (Å²) in [6.07, 6.45) is -3.44. The number of nitrogens with one attached hydrogen (secondary N) is 1. The molecular formula is C19H23F4N3O3. The van der Waals surface area contributed by atoms with Crippen LogP contribution in [0.2, 0.25) is 0 Å². The fraction of sp³-hybridized carbons (Fsp3) is 0.526. The maximum atomic E-state index is 14.7. The molecule has 1 aromatic carbocycles. The van der Waals surface area contributed by atoms with Gasteiger partial charge in [0, 0.05) is 5.39 Å². The molecule has 1 amide bonds. The molecule has 2 N–H and O–H groups in total. The van der Waals surface area contributed by atoms with E-state index in [1.807, 2.05) is 6.92 Å². The normalized spacial score (nSPS) is 13.5. The van der Waals surface area contributed by atoms with Crippen molar-refractivity contribution >= 4 is 16.7 Å². The largest absolute Gasteiger partial charge is 0.416 e. The van der Waals surface area contributed by atoms with Gasteiger partial charge in [-0.3, -0.25) is 9.59 Å². The first-order valence-electron chi connectivity index (χ1n) is 9.10. The van der Waals surface area contributed by atoms with Gasteiger partial charge in [0.05, 0.1) is 23.6 Å². The molecule has 0 aliphatic carbocycles. The van der Waals surface area contributed by atoms with Gasteiger partial charge in [0.15, 0.2) is 0 Å². The van der Waals surface area contributed by atoms with Crippen LogP contribution in [0.3, 0.4) is 0 Å². The van der Waals surface area contributed by atoms with Gasteiger partial charge in [-0.15, -0.1) is 0 Å². The SMILES string of the molecule is CCCC(CO)NC(=O)Cn1nc(C(C)(C)F)c2cc(C(F)(F)F)ccc2c1=O. The Balaban J connectivity index is 2.54. The molecule has 0 saturated carbocycles. The molecule has 29 heavy (non-hydrogen) atoms. The second-order valence-corrected chi connectivity index (χ2v) is 7.28. The molecule has 2 aromatic rings. The van der Waals surface area contributed by atoms with Crippen molar-refractivity contribution in [3.8, 4) is 0 Å². The third-order valence-corrected chi connectivity index (χ3v) is 4.37. The van der Waals surface area contributed by atoms with Crippen LogP contribution in [0.4, 0.5) is 17.6 Å². The molecule has 0 bridgehead atoms. The molecule has 10 heteroatoms. The average molecular weight is 417 g/mol. The van der Waals surface area contributed by atoms with Gasteiger partial charge in [0.2, 0.25) is 5.91 Å². The minimum absolute atomic E-state index is 0.172. The van der Waals surface area contributed by atoms with E-state index in [1.54, 1.807) is 0 Å². The van der Waals surface area contributed by atoms with E-state index in [4.69, 9.17) is 0 Å². The highest BCUT2D eigenvalue weighted by Crippen LogP contribution is 2.34. The van der Waals surface area contributed by atoms with Crippen molar-refractivity contribution < 1.29 is 27.5 Å². The third-order valence-electron chi connectivity index (χ3n) is 4.37. The Morgan fingerprint density at radius 1 is 1.24 bits per heavy atom. The number of carbonyl (C=O) groups is 1. The van der Waals surface area contributed by atoms with Crippen LogP contribution in [0.15, 0.2) is 23.0 Å². The van der Waals surface area contributed by atoms with E-state index < -0.39 is 41.5 Å². The zero-order chi connectivity index (χ0) is 22.0. The maximum absolute atomic E-state index is 14.7. The predicted octanol–water partition coefficient (Wildman–Crippen LogP) is 2.90. The Morgan fingerprint density at radius 3 is 2.41 bits per heavy atom. The lowest BCUT2D eigenvalue weighted by Gasteiger charge is -2.20. The highest BCUT2D eigenvalue weighted by molar-refractivity contribution is 5.85. The van der Waals surface area contributed by atoms with Gasteiger partial charge in [-0.2, -0.15) is 18.3 Å². The van der Waals surface area contributed by atoms with E-state index in [-0.39, 0.29) is 23.1 Å². The highest BCUT2D eigenvalue weighted by atomic mass is 19.4. The van der Waals surface area contributed by atoms with Gasteiger partial charge in [-0.05, 0) is 38.5 Å². The van der Waals surface area contributed by atoms with Gasteiger partial charge < -0.3 is 10.4 Å². The first kappa shape index (κ1) is 22.8. The fourth-order valence-electron chi connectivity index (χ4n) is 2.98. The number of alkyl halides is 4. The van der Waals surface area contributed by atoms with Crippen LogP contribution in [-0.2, 0) is 23.2 Å². The van der Waals surface area contributed by atoms with Crippen LogP contribution in [0.5, 0.6) is 0 Å². The van der Waals surface area contributed by atoms with E-state index in [2.05, 4.69) is 10.4 Å². The lowest BCUT2D eigenvalue weighted by Crippen LogP contribution is -2.41. The molecule has 1 heterocycles. The zero-order valence-corrected chi connectivity index (χ0v) is 16.3. The molecule has 2 rings (SSSR count). The van der Waals surface area contributed by atoms with Crippen molar-refractivity contribution in [2.45, 2.75) is 58.0 Å². The van der Waals surface area contributed by atoms with Crippen molar-refractivity contribution in [1.82, 2.24) is 15.1 Å². The Kier molecular flexibility index (Phi) is 6.67. The summed E-state index contributed by atoms with van der Waals surface area (Å²) in [6, 6.07) is 1.87. The molecule has 6 nitrogen and oxygen atoms in total. The first-order chi connectivity index (χ1) is 13.4. The smallest absolute Gasteiger partial charge is 0.394 e. The summed E-state index contributed by atoms with van der Waals surface area (Å²) in [4.78, 5) is 24.9. The number of amides is 1. The number of aliphatic hydroxyl groups is 1. The summed E-state index contributed by atoms with van der Waals surface area (Å²) in [5.41, 5.74) is -4.38. The Morgan fingerprint density at radius 2 is 1.90 bits per heavy atom. The Hall–Kier alpha value is -2.49. The minimum Gasteiger partial charge on any atom is -0.394 e. The van der Waals surface area contributed by atoms with Gasteiger partial charge in [0.1, 0.15) is 17.9 Å². The monoisotopic (exact) mass is 417 g/mol. The summed E-state index contributed by atoms with van der Waals surface area (Å²) < 4.78 is 54.6. The van der Waals surface area contributed by atoms with Gasteiger partial charge >= 0.3 is 6.18 Å². The van der Waals surface area contributed by atoms with Crippen molar-refractivity contribution in [2.75, 3.05) is 6.61 Å². The Labute approximate surface area is 164 Å². The van der Waals surface area contributed by atoms with Gasteiger partial charge in [0.25, 0.3) is 5.56 Å².